The summed E-state index contributed by atoms with van der Waals surface area (Å²) in [5.41, 5.74) is 3.68. The number of hydrogen-bond acceptors (Lipinski definition) is 0. The van der Waals surface area contributed by atoms with Crippen LogP contribution in [0.15, 0.2) is 24.3 Å². The Balaban J connectivity index is 1.56. The zero-order valence-electron chi connectivity index (χ0n) is 7.06. The molecule has 3 aliphatic rings. The molecule has 58 valence electrons. The lowest BCUT2D eigenvalue weighted by Crippen LogP contribution is -1.89. The smallest absolute Gasteiger partial charge is 0.00497 e. The summed E-state index contributed by atoms with van der Waals surface area (Å²) in [5, 5.41) is 0. The number of allylic oxidation sites excluding steroid dienone is 2. The summed E-state index contributed by atoms with van der Waals surface area (Å²) in [7, 11) is 0. The monoisotopic (exact) mass is 146 g/mol. The summed E-state index contributed by atoms with van der Waals surface area (Å²) in [6.45, 7) is 10.1. The van der Waals surface area contributed by atoms with Crippen molar-refractivity contribution in [3.05, 3.63) is 24.3 Å². The van der Waals surface area contributed by atoms with Gasteiger partial charge >= 0.3 is 0 Å². The topological polar surface area (TPSA) is 0 Å². The lowest BCUT2D eigenvalue weighted by molar-refractivity contribution is 0.555. The van der Waals surface area contributed by atoms with Crippen molar-refractivity contribution >= 4 is 0 Å². The second kappa shape index (κ2) is 1.35. The molecule has 0 aromatic rings. The quantitative estimate of drug-likeness (QED) is 0.537. The van der Waals surface area contributed by atoms with Gasteiger partial charge in [-0.15, -0.1) is 6.58 Å². The van der Waals surface area contributed by atoms with E-state index in [2.05, 4.69) is 20.1 Å². The van der Waals surface area contributed by atoms with E-state index in [1.165, 1.54) is 18.4 Å². The van der Waals surface area contributed by atoms with Crippen LogP contribution in [0.4, 0.5) is 0 Å². The Bertz CT molecular complexity index is 274. The molecule has 4 atom stereocenters. The molecule has 0 bridgehead atoms. The van der Waals surface area contributed by atoms with Gasteiger partial charge in [-0.05, 0) is 37.5 Å². The maximum Gasteiger partial charge on any atom is 0.00497 e. The molecule has 0 heterocycles. The fraction of sp³-hybridized carbons (Fsp3) is 0.636. The highest BCUT2D eigenvalue weighted by Gasteiger charge is 2.99. The zero-order chi connectivity index (χ0) is 7.80. The van der Waals surface area contributed by atoms with Crippen LogP contribution in [0.5, 0.6) is 0 Å². The van der Waals surface area contributed by atoms with Crippen LogP contribution >= 0.6 is 0 Å². The molecule has 3 rings (SSSR count). The summed E-state index contributed by atoms with van der Waals surface area (Å²) in [5.74, 6) is 3.16. The van der Waals surface area contributed by atoms with Crippen molar-refractivity contribution in [2.24, 2.45) is 23.2 Å². The molecule has 0 amide bonds. The van der Waals surface area contributed by atoms with Crippen molar-refractivity contribution < 1.29 is 0 Å². The minimum absolute atomic E-state index is 0.759. The van der Waals surface area contributed by atoms with Crippen LogP contribution in [0.3, 0.4) is 0 Å². The SMILES string of the molecule is C=C(C)CCC1C2C3C(=C)C132. The molecular weight excluding hydrogens is 132 g/mol. The van der Waals surface area contributed by atoms with E-state index in [4.69, 9.17) is 0 Å². The fourth-order valence-corrected chi connectivity index (χ4v) is 3.14. The van der Waals surface area contributed by atoms with E-state index in [-0.39, 0.29) is 0 Å². The zero-order valence-corrected chi connectivity index (χ0v) is 7.06. The molecule has 1 spiro atoms. The third-order valence-corrected chi connectivity index (χ3v) is 3.98. The highest BCUT2D eigenvalue weighted by atomic mass is 15.0. The molecule has 3 aliphatic carbocycles. The largest absolute Gasteiger partial charge is 0.100 e. The van der Waals surface area contributed by atoms with Crippen LogP contribution in [0.1, 0.15) is 19.8 Å². The van der Waals surface area contributed by atoms with E-state index in [0.717, 1.165) is 23.2 Å². The van der Waals surface area contributed by atoms with Crippen molar-refractivity contribution in [1.29, 1.82) is 0 Å². The second-order valence-electron chi connectivity index (χ2n) is 4.56. The molecule has 11 heavy (non-hydrogen) atoms. The fourth-order valence-electron chi connectivity index (χ4n) is 3.14. The van der Waals surface area contributed by atoms with E-state index in [1.54, 1.807) is 5.57 Å². The van der Waals surface area contributed by atoms with Gasteiger partial charge in [0.25, 0.3) is 0 Å². The molecule has 0 aliphatic heterocycles. The first kappa shape index (κ1) is 6.05. The average molecular weight is 146 g/mol. The minimum Gasteiger partial charge on any atom is -0.100 e. The van der Waals surface area contributed by atoms with Gasteiger partial charge in [0.2, 0.25) is 0 Å². The van der Waals surface area contributed by atoms with Gasteiger partial charge in [-0.1, -0.05) is 17.7 Å². The van der Waals surface area contributed by atoms with Gasteiger partial charge in [0.1, 0.15) is 0 Å². The molecule has 3 saturated carbocycles. The van der Waals surface area contributed by atoms with E-state index in [1.807, 2.05) is 0 Å². The van der Waals surface area contributed by atoms with Crippen molar-refractivity contribution in [3.63, 3.8) is 0 Å². The van der Waals surface area contributed by atoms with E-state index >= 15 is 0 Å². The van der Waals surface area contributed by atoms with Crippen LogP contribution in [0, 0.1) is 23.2 Å². The van der Waals surface area contributed by atoms with Gasteiger partial charge in [-0.25, -0.2) is 0 Å². The molecular formula is C11H14. The number of fused-ring (bicyclic) bond motifs is 1. The average Bonchev–Trinajstić information content (AvgIpc) is 2.74. The van der Waals surface area contributed by atoms with Gasteiger partial charge in [0.05, 0.1) is 0 Å². The van der Waals surface area contributed by atoms with Crippen molar-refractivity contribution in [2.45, 2.75) is 19.8 Å². The number of rotatable bonds is 3. The van der Waals surface area contributed by atoms with Gasteiger partial charge in [0, 0.05) is 5.41 Å². The molecule has 0 saturated heterocycles. The standard InChI is InChI=1S/C11H14/c1-6(2)4-5-8-10-9-7(3)11(8,9)10/h8-10H,1,3-5H2,2H3. The Kier molecular flexibility index (Phi) is 0.742. The predicted octanol–water partition coefficient (Wildman–Crippen LogP) is 2.77. The minimum atomic E-state index is 0.759. The Morgan fingerprint density at radius 2 is 2.36 bits per heavy atom. The third kappa shape index (κ3) is 0.446. The lowest BCUT2D eigenvalue weighted by Gasteiger charge is -2.00. The Morgan fingerprint density at radius 1 is 1.64 bits per heavy atom. The van der Waals surface area contributed by atoms with Crippen LogP contribution in [0.25, 0.3) is 0 Å². The van der Waals surface area contributed by atoms with Crippen molar-refractivity contribution in [1.82, 2.24) is 0 Å². The van der Waals surface area contributed by atoms with Gasteiger partial charge in [-0.2, -0.15) is 0 Å². The molecule has 0 nitrogen and oxygen atoms in total. The van der Waals surface area contributed by atoms with Crippen molar-refractivity contribution in [3.8, 4) is 0 Å². The normalized spacial score (nSPS) is 54.6. The van der Waals surface area contributed by atoms with Gasteiger partial charge < -0.3 is 0 Å². The predicted molar refractivity (Wildman–Crippen MR) is 46.1 cm³/mol. The van der Waals surface area contributed by atoms with E-state index in [9.17, 15) is 0 Å². The highest BCUT2D eigenvalue weighted by Crippen LogP contribution is 3.03. The van der Waals surface area contributed by atoms with Crippen LogP contribution in [-0.2, 0) is 0 Å². The first-order valence-corrected chi connectivity index (χ1v) is 4.54. The van der Waals surface area contributed by atoms with Crippen LogP contribution in [0.2, 0.25) is 0 Å². The molecule has 0 aromatic carbocycles. The molecule has 4 unspecified atom stereocenters. The molecule has 3 fully saturated rings. The Hall–Kier alpha value is -0.520. The Labute approximate surface area is 68.0 Å². The molecule has 0 heteroatoms. The summed E-state index contributed by atoms with van der Waals surface area (Å²) in [6.07, 6.45) is 2.62. The summed E-state index contributed by atoms with van der Waals surface area (Å²) >= 11 is 0. The van der Waals surface area contributed by atoms with Gasteiger partial charge in [-0.3, -0.25) is 0 Å². The van der Waals surface area contributed by atoms with Crippen LogP contribution in [-0.4, -0.2) is 0 Å². The Morgan fingerprint density at radius 3 is 2.73 bits per heavy atom. The van der Waals surface area contributed by atoms with E-state index in [0.29, 0.717) is 0 Å². The molecule has 0 N–H and O–H groups in total. The van der Waals surface area contributed by atoms with Crippen molar-refractivity contribution in [2.75, 3.05) is 0 Å². The maximum atomic E-state index is 4.07. The summed E-state index contributed by atoms with van der Waals surface area (Å²) in [4.78, 5) is 0. The maximum absolute atomic E-state index is 4.07. The first-order chi connectivity index (χ1) is 5.20. The second-order valence-corrected chi connectivity index (χ2v) is 4.56. The first-order valence-electron chi connectivity index (χ1n) is 4.54. The van der Waals surface area contributed by atoms with E-state index < -0.39 is 0 Å². The molecule has 0 aromatic heterocycles. The summed E-state index contributed by atoms with van der Waals surface area (Å²) in [6, 6.07) is 0. The number of hydrogen-bond donors (Lipinski definition) is 0. The van der Waals surface area contributed by atoms with Crippen LogP contribution < -0.4 is 0 Å². The molecule has 0 radical (unpaired) electrons. The third-order valence-electron chi connectivity index (χ3n) is 3.98. The highest BCUT2D eigenvalue weighted by molar-refractivity contribution is 5.65. The lowest BCUT2D eigenvalue weighted by atomic mass is 10.1. The summed E-state index contributed by atoms with van der Waals surface area (Å²) < 4.78 is 0. The van der Waals surface area contributed by atoms with Gasteiger partial charge in [0.15, 0.2) is 0 Å².